The first-order valence-corrected chi connectivity index (χ1v) is 10.2. The van der Waals surface area contributed by atoms with E-state index >= 15 is 0 Å². The van der Waals surface area contributed by atoms with Gasteiger partial charge in [0.2, 0.25) is 11.6 Å². The summed E-state index contributed by atoms with van der Waals surface area (Å²) in [4.78, 5) is 12.1. The molecule has 3 rings (SSSR count). The first-order chi connectivity index (χ1) is 17.0. The van der Waals surface area contributed by atoms with Crippen molar-refractivity contribution in [1.29, 1.82) is 5.26 Å². The summed E-state index contributed by atoms with van der Waals surface area (Å²) in [6.45, 7) is -0.320. The van der Waals surface area contributed by atoms with E-state index in [1.807, 2.05) is 6.07 Å². The van der Waals surface area contributed by atoms with Crippen molar-refractivity contribution in [2.75, 3.05) is 35.0 Å². The molecule has 0 unspecified atom stereocenters. The standard InChI is InChI=1S/C24H23N3O8/c1-29-18-11-15(5-7-17(18)33-10-9-25)6-8-22(28)34-14-21-26-27-24(35-21)16-12-19(30-2)23(32-4)20(13-16)31-3/h5-8,11-13H,10,14H2,1-4H3. The summed E-state index contributed by atoms with van der Waals surface area (Å²) in [5, 5.41) is 16.5. The Balaban J connectivity index is 1.64. The van der Waals surface area contributed by atoms with Gasteiger partial charge in [-0.15, -0.1) is 10.2 Å². The van der Waals surface area contributed by atoms with Crippen LogP contribution in [0, 0.1) is 11.3 Å². The van der Waals surface area contributed by atoms with E-state index < -0.39 is 5.97 Å². The number of benzene rings is 2. The van der Waals surface area contributed by atoms with E-state index in [-0.39, 0.29) is 25.0 Å². The summed E-state index contributed by atoms with van der Waals surface area (Å²) in [7, 11) is 5.98. The molecule has 0 radical (unpaired) electrons. The monoisotopic (exact) mass is 481 g/mol. The Morgan fingerprint density at radius 1 is 0.971 bits per heavy atom. The molecule has 0 spiro atoms. The number of aromatic nitrogens is 2. The van der Waals surface area contributed by atoms with Gasteiger partial charge in [-0.1, -0.05) is 6.07 Å². The SMILES string of the molecule is COc1cc(C=CC(=O)OCc2nnc(-c3cc(OC)c(OC)c(OC)c3)o2)ccc1OCC#N. The number of hydrogen-bond donors (Lipinski definition) is 0. The van der Waals surface area contributed by atoms with Crippen molar-refractivity contribution in [3.05, 3.63) is 47.9 Å². The summed E-state index contributed by atoms with van der Waals surface area (Å²) in [5.74, 6) is 1.84. The molecule has 3 aromatic rings. The van der Waals surface area contributed by atoms with Crippen molar-refractivity contribution in [3.8, 4) is 46.3 Å². The maximum atomic E-state index is 12.1. The Hall–Kier alpha value is -4.72. The lowest BCUT2D eigenvalue weighted by Crippen LogP contribution is -2.01. The van der Waals surface area contributed by atoms with Gasteiger partial charge in [-0.25, -0.2) is 4.79 Å². The van der Waals surface area contributed by atoms with Crippen LogP contribution in [-0.4, -0.2) is 51.2 Å². The highest BCUT2D eigenvalue weighted by atomic mass is 16.5. The first kappa shape index (κ1) is 24.9. The van der Waals surface area contributed by atoms with E-state index in [0.717, 1.165) is 0 Å². The van der Waals surface area contributed by atoms with Gasteiger partial charge in [0.05, 0.1) is 28.4 Å². The second-order valence-corrected chi connectivity index (χ2v) is 6.71. The van der Waals surface area contributed by atoms with Crippen molar-refractivity contribution >= 4 is 12.0 Å². The quantitative estimate of drug-likeness (QED) is 0.294. The van der Waals surface area contributed by atoms with Gasteiger partial charge in [0, 0.05) is 11.6 Å². The Bertz CT molecular complexity index is 1220. The van der Waals surface area contributed by atoms with Crippen LogP contribution in [0.3, 0.4) is 0 Å². The molecule has 0 aliphatic heterocycles. The van der Waals surface area contributed by atoms with Crippen LogP contribution in [0.1, 0.15) is 11.5 Å². The van der Waals surface area contributed by atoms with Crippen molar-refractivity contribution < 1.29 is 37.6 Å². The molecule has 0 fully saturated rings. The minimum atomic E-state index is -0.610. The van der Waals surface area contributed by atoms with Crippen LogP contribution in [0.4, 0.5) is 0 Å². The maximum Gasteiger partial charge on any atom is 0.331 e. The number of ether oxygens (including phenoxy) is 6. The third kappa shape index (κ3) is 6.20. The molecule has 35 heavy (non-hydrogen) atoms. The maximum absolute atomic E-state index is 12.1. The summed E-state index contributed by atoms with van der Waals surface area (Å²) < 4.78 is 37.3. The van der Waals surface area contributed by atoms with Crippen LogP contribution in [0.2, 0.25) is 0 Å². The van der Waals surface area contributed by atoms with Gasteiger partial charge in [0.1, 0.15) is 6.07 Å². The van der Waals surface area contributed by atoms with Crippen molar-refractivity contribution in [3.63, 3.8) is 0 Å². The minimum absolute atomic E-state index is 0.102. The minimum Gasteiger partial charge on any atom is -0.493 e. The molecule has 0 bridgehead atoms. The molecule has 0 aliphatic rings. The molecule has 0 amide bonds. The summed E-state index contributed by atoms with van der Waals surface area (Å²) >= 11 is 0. The number of nitrogens with zero attached hydrogens (tertiary/aromatic N) is 3. The molecule has 2 aromatic carbocycles. The van der Waals surface area contributed by atoms with E-state index in [9.17, 15) is 4.79 Å². The van der Waals surface area contributed by atoms with Crippen LogP contribution in [0.25, 0.3) is 17.5 Å². The van der Waals surface area contributed by atoms with E-state index in [1.165, 1.54) is 34.5 Å². The molecule has 1 heterocycles. The normalized spacial score (nSPS) is 10.5. The number of carbonyl (C=O) groups excluding carboxylic acids is 1. The lowest BCUT2D eigenvalue weighted by atomic mass is 10.2. The van der Waals surface area contributed by atoms with E-state index in [0.29, 0.717) is 39.9 Å². The molecule has 0 N–H and O–H groups in total. The van der Waals surface area contributed by atoms with Crippen LogP contribution in [-0.2, 0) is 16.1 Å². The average molecular weight is 481 g/mol. The van der Waals surface area contributed by atoms with Crippen LogP contribution in [0.5, 0.6) is 28.7 Å². The number of nitriles is 1. The predicted molar refractivity (Wildman–Crippen MR) is 122 cm³/mol. The molecule has 182 valence electrons. The zero-order chi connectivity index (χ0) is 25.2. The van der Waals surface area contributed by atoms with Gasteiger partial charge in [0.25, 0.3) is 5.89 Å². The number of rotatable bonds is 11. The second-order valence-electron chi connectivity index (χ2n) is 6.71. The third-order valence-corrected chi connectivity index (χ3v) is 4.61. The summed E-state index contributed by atoms with van der Waals surface area (Å²) in [6, 6.07) is 10.2. The van der Waals surface area contributed by atoms with Crippen molar-refractivity contribution in [1.82, 2.24) is 10.2 Å². The number of carbonyl (C=O) groups is 1. The number of methoxy groups -OCH3 is 4. The third-order valence-electron chi connectivity index (χ3n) is 4.61. The fraction of sp³-hybridized carbons (Fsp3) is 0.250. The zero-order valence-electron chi connectivity index (χ0n) is 19.6. The lowest BCUT2D eigenvalue weighted by Gasteiger charge is -2.12. The molecule has 1 aromatic heterocycles. The molecule has 0 saturated carbocycles. The van der Waals surface area contributed by atoms with Crippen molar-refractivity contribution in [2.24, 2.45) is 0 Å². The summed E-state index contributed by atoms with van der Waals surface area (Å²) in [5.41, 5.74) is 1.21. The second kappa shape index (κ2) is 11.9. The Kier molecular flexibility index (Phi) is 8.50. The van der Waals surface area contributed by atoms with Gasteiger partial charge in [-0.2, -0.15) is 5.26 Å². The highest BCUT2D eigenvalue weighted by Crippen LogP contribution is 2.40. The first-order valence-electron chi connectivity index (χ1n) is 10.2. The summed E-state index contributed by atoms with van der Waals surface area (Å²) in [6.07, 6.45) is 2.80. The largest absolute Gasteiger partial charge is 0.493 e. The predicted octanol–water partition coefficient (Wildman–Crippen LogP) is 3.43. The number of esters is 1. The van der Waals surface area contributed by atoms with Gasteiger partial charge in [-0.3, -0.25) is 0 Å². The Morgan fingerprint density at radius 3 is 2.31 bits per heavy atom. The fourth-order valence-corrected chi connectivity index (χ4v) is 3.00. The Morgan fingerprint density at radius 2 is 1.69 bits per heavy atom. The number of hydrogen-bond acceptors (Lipinski definition) is 11. The van der Waals surface area contributed by atoms with Crippen LogP contribution >= 0.6 is 0 Å². The van der Waals surface area contributed by atoms with Gasteiger partial charge >= 0.3 is 5.97 Å². The van der Waals surface area contributed by atoms with E-state index in [1.54, 1.807) is 36.4 Å². The average Bonchev–Trinajstić information content (AvgIpc) is 3.37. The molecular weight excluding hydrogens is 458 g/mol. The van der Waals surface area contributed by atoms with Crippen molar-refractivity contribution in [2.45, 2.75) is 6.61 Å². The molecule has 11 nitrogen and oxygen atoms in total. The van der Waals surface area contributed by atoms with E-state index in [4.69, 9.17) is 38.1 Å². The molecule has 0 aliphatic carbocycles. The van der Waals surface area contributed by atoms with Gasteiger partial charge < -0.3 is 32.8 Å². The highest BCUT2D eigenvalue weighted by Gasteiger charge is 2.18. The Labute approximate surface area is 201 Å². The molecule has 0 saturated heterocycles. The topological polar surface area (TPSA) is 135 Å². The fourth-order valence-electron chi connectivity index (χ4n) is 3.00. The molecular formula is C24H23N3O8. The van der Waals surface area contributed by atoms with E-state index in [2.05, 4.69) is 10.2 Å². The van der Waals surface area contributed by atoms with Gasteiger partial charge in [-0.05, 0) is 35.9 Å². The molecule has 0 atom stereocenters. The van der Waals surface area contributed by atoms with Gasteiger partial charge in [0.15, 0.2) is 36.2 Å². The lowest BCUT2D eigenvalue weighted by molar-refractivity contribution is -0.139. The molecule has 11 heteroatoms. The zero-order valence-corrected chi connectivity index (χ0v) is 19.6. The highest BCUT2D eigenvalue weighted by molar-refractivity contribution is 5.87. The van der Waals surface area contributed by atoms with Crippen LogP contribution < -0.4 is 23.7 Å². The van der Waals surface area contributed by atoms with Crippen LogP contribution in [0.15, 0.2) is 40.8 Å². The smallest absolute Gasteiger partial charge is 0.331 e.